The van der Waals surface area contributed by atoms with Gasteiger partial charge in [0.1, 0.15) is 0 Å². The summed E-state index contributed by atoms with van der Waals surface area (Å²) in [6.07, 6.45) is 0. The maximum Gasteiger partial charge on any atom is 0.269 e. The van der Waals surface area contributed by atoms with Crippen molar-refractivity contribution in [1.29, 1.82) is 0 Å². The van der Waals surface area contributed by atoms with Gasteiger partial charge in [-0.05, 0) is 58.1 Å². The van der Waals surface area contributed by atoms with Crippen LogP contribution in [0.4, 0.5) is 0 Å². The molecule has 0 aliphatic carbocycles. The number of methoxy groups -OCH3 is 1. The third-order valence-corrected chi connectivity index (χ3v) is 4.91. The average Bonchev–Trinajstić information content (AvgIpc) is 2.50. The Morgan fingerprint density at radius 2 is 1.92 bits per heavy atom. The lowest BCUT2D eigenvalue weighted by atomic mass is 10.1. The van der Waals surface area contributed by atoms with Gasteiger partial charge in [0.15, 0.2) is 5.11 Å². The van der Waals surface area contributed by atoms with Crippen LogP contribution < -0.4 is 20.9 Å². The molecule has 0 aromatic heterocycles. The molecule has 1 atom stereocenters. The molecule has 0 fully saturated rings. The largest absolute Gasteiger partial charge is 0.383 e. The van der Waals surface area contributed by atoms with Crippen LogP contribution in [0.25, 0.3) is 0 Å². The molecule has 0 heterocycles. The van der Waals surface area contributed by atoms with Crippen LogP contribution in [-0.2, 0) is 14.8 Å². The highest BCUT2D eigenvalue weighted by Crippen LogP contribution is 2.14. The molecule has 8 nitrogen and oxygen atoms in total. The minimum absolute atomic E-state index is 0.00879. The lowest BCUT2D eigenvalue weighted by molar-refractivity contribution is 0.0943. The SMILES string of the molecule is COC[C@@H](C)NC(=S)NNC(=O)c1cccc(S(=O)(=O)NC(C)(C)C)c1. The Morgan fingerprint density at radius 1 is 1.27 bits per heavy atom. The molecule has 26 heavy (non-hydrogen) atoms. The monoisotopic (exact) mass is 402 g/mol. The van der Waals surface area contributed by atoms with Crippen molar-refractivity contribution in [3.05, 3.63) is 29.8 Å². The first-order valence-corrected chi connectivity index (χ1v) is 9.83. The van der Waals surface area contributed by atoms with Crippen molar-refractivity contribution in [2.45, 2.75) is 44.2 Å². The van der Waals surface area contributed by atoms with Crippen molar-refractivity contribution in [3.63, 3.8) is 0 Å². The zero-order valence-electron chi connectivity index (χ0n) is 15.5. The van der Waals surface area contributed by atoms with Gasteiger partial charge in [0, 0.05) is 24.3 Å². The summed E-state index contributed by atoms with van der Waals surface area (Å²) in [7, 11) is -2.15. The number of sulfonamides is 1. The quantitative estimate of drug-likeness (QED) is 0.414. The number of amides is 1. The van der Waals surface area contributed by atoms with E-state index < -0.39 is 21.5 Å². The molecular weight excluding hydrogens is 376 g/mol. The zero-order chi connectivity index (χ0) is 20.0. The van der Waals surface area contributed by atoms with E-state index in [0.29, 0.717) is 6.61 Å². The number of nitrogens with one attached hydrogen (secondary N) is 4. The summed E-state index contributed by atoms with van der Waals surface area (Å²) in [6, 6.07) is 5.71. The number of hydrogen-bond donors (Lipinski definition) is 4. The van der Waals surface area contributed by atoms with E-state index in [1.54, 1.807) is 27.9 Å². The molecule has 1 amide bonds. The summed E-state index contributed by atoms with van der Waals surface area (Å²) >= 11 is 5.06. The number of thiocarbonyl (C=S) groups is 1. The highest BCUT2D eigenvalue weighted by atomic mass is 32.2. The van der Waals surface area contributed by atoms with E-state index >= 15 is 0 Å². The molecule has 0 saturated heterocycles. The van der Waals surface area contributed by atoms with Gasteiger partial charge in [0.25, 0.3) is 5.91 Å². The summed E-state index contributed by atoms with van der Waals surface area (Å²) in [5.74, 6) is -0.513. The topological polar surface area (TPSA) is 109 Å². The van der Waals surface area contributed by atoms with Gasteiger partial charge in [-0.15, -0.1) is 0 Å². The first kappa shape index (κ1) is 22.3. The molecule has 1 aromatic rings. The maximum atomic E-state index is 12.4. The second-order valence-corrected chi connectivity index (χ2v) is 8.88. The fourth-order valence-electron chi connectivity index (χ4n) is 2.00. The van der Waals surface area contributed by atoms with Crippen molar-refractivity contribution < 1.29 is 17.9 Å². The Kier molecular flexibility index (Phi) is 7.94. The lowest BCUT2D eigenvalue weighted by Gasteiger charge is -2.20. The molecule has 1 aromatic carbocycles. The molecule has 0 aliphatic rings. The molecule has 0 saturated carbocycles. The van der Waals surface area contributed by atoms with Gasteiger partial charge in [0.05, 0.1) is 11.5 Å². The summed E-state index contributed by atoms with van der Waals surface area (Å²) in [4.78, 5) is 12.2. The van der Waals surface area contributed by atoms with Crippen molar-refractivity contribution in [2.75, 3.05) is 13.7 Å². The number of hydrazine groups is 1. The van der Waals surface area contributed by atoms with Crippen molar-refractivity contribution >= 4 is 33.3 Å². The van der Waals surface area contributed by atoms with Gasteiger partial charge in [-0.3, -0.25) is 15.6 Å². The molecule has 0 spiro atoms. The normalized spacial score (nSPS) is 13.0. The smallest absolute Gasteiger partial charge is 0.269 e. The molecule has 10 heteroatoms. The minimum atomic E-state index is -3.73. The van der Waals surface area contributed by atoms with Crippen molar-refractivity contribution in [1.82, 2.24) is 20.9 Å². The van der Waals surface area contributed by atoms with Crippen LogP contribution in [0.1, 0.15) is 38.1 Å². The van der Waals surface area contributed by atoms with E-state index in [-0.39, 0.29) is 21.6 Å². The summed E-state index contributed by atoms with van der Waals surface area (Å²) in [5.41, 5.74) is 4.54. The van der Waals surface area contributed by atoms with E-state index in [1.165, 1.54) is 24.3 Å². The van der Waals surface area contributed by atoms with Gasteiger partial charge in [0.2, 0.25) is 10.0 Å². The Hall–Kier alpha value is -1.75. The Balaban J connectivity index is 2.76. The predicted octanol–water partition coefficient (Wildman–Crippen LogP) is 0.907. The molecule has 0 radical (unpaired) electrons. The van der Waals surface area contributed by atoms with E-state index in [2.05, 4.69) is 20.9 Å². The van der Waals surface area contributed by atoms with Crippen LogP contribution in [-0.4, -0.2) is 44.7 Å². The number of hydrogen-bond acceptors (Lipinski definition) is 5. The van der Waals surface area contributed by atoms with Gasteiger partial charge < -0.3 is 10.1 Å². The number of ether oxygens (including phenoxy) is 1. The van der Waals surface area contributed by atoms with Gasteiger partial charge >= 0.3 is 0 Å². The van der Waals surface area contributed by atoms with E-state index in [0.717, 1.165) is 0 Å². The first-order chi connectivity index (χ1) is 11.9. The van der Waals surface area contributed by atoms with E-state index in [9.17, 15) is 13.2 Å². The number of carbonyl (C=O) groups excluding carboxylic acids is 1. The second-order valence-electron chi connectivity index (χ2n) is 6.79. The van der Waals surface area contributed by atoms with Crippen LogP contribution in [0, 0.1) is 0 Å². The standard InChI is InChI=1S/C16H26N4O4S2/c1-11(10-24-5)17-15(25)19-18-14(21)12-7-6-8-13(9-12)26(22,23)20-16(2,3)4/h6-9,11,20H,10H2,1-5H3,(H,18,21)(H2,17,19,25)/t11-/m1/s1. The summed E-state index contributed by atoms with van der Waals surface area (Å²) < 4.78 is 32.3. The molecule has 1 rings (SSSR count). The van der Waals surface area contributed by atoms with Crippen molar-refractivity contribution in [3.8, 4) is 0 Å². The maximum absolute atomic E-state index is 12.4. The number of carbonyl (C=O) groups is 1. The van der Waals surface area contributed by atoms with Crippen LogP contribution >= 0.6 is 12.2 Å². The fourth-order valence-corrected chi connectivity index (χ4v) is 3.72. The molecule has 146 valence electrons. The lowest BCUT2D eigenvalue weighted by Crippen LogP contribution is -2.50. The van der Waals surface area contributed by atoms with Gasteiger partial charge in [-0.25, -0.2) is 13.1 Å². The fraction of sp³-hybridized carbons (Fsp3) is 0.500. The van der Waals surface area contributed by atoms with Crippen LogP contribution in [0.15, 0.2) is 29.2 Å². The Morgan fingerprint density at radius 3 is 2.50 bits per heavy atom. The molecule has 0 aliphatic heterocycles. The molecular formula is C16H26N4O4S2. The van der Waals surface area contributed by atoms with Crippen LogP contribution in [0.3, 0.4) is 0 Å². The average molecular weight is 403 g/mol. The second kappa shape index (κ2) is 9.26. The third-order valence-electron chi connectivity index (χ3n) is 2.93. The van der Waals surface area contributed by atoms with E-state index in [1.807, 2.05) is 6.92 Å². The van der Waals surface area contributed by atoms with Crippen molar-refractivity contribution in [2.24, 2.45) is 0 Å². The highest BCUT2D eigenvalue weighted by molar-refractivity contribution is 7.89. The van der Waals surface area contributed by atoms with Crippen LogP contribution in [0.5, 0.6) is 0 Å². The predicted molar refractivity (Wildman–Crippen MR) is 104 cm³/mol. The summed E-state index contributed by atoms with van der Waals surface area (Å²) in [6.45, 7) is 7.54. The number of benzene rings is 1. The molecule has 0 bridgehead atoms. The highest BCUT2D eigenvalue weighted by Gasteiger charge is 2.22. The third kappa shape index (κ3) is 7.65. The zero-order valence-corrected chi connectivity index (χ0v) is 17.2. The summed E-state index contributed by atoms with van der Waals surface area (Å²) in [5, 5.41) is 3.15. The van der Waals surface area contributed by atoms with E-state index in [4.69, 9.17) is 17.0 Å². The van der Waals surface area contributed by atoms with Gasteiger partial charge in [-0.2, -0.15) is 0 Å². The Labute approximate surface area is 160 Å². The first-order valence-electron chi connectivity index (χ1n) is 7.94. The van der Waals surface area contributed by atoms with Crippen LogP contribution in [0.2, 0.25) is 0 Å². The molecule has 0 unspecified atom stereocenters. The number of rotatable bonds is 6. The minimum Gasteiger partial charge on any atom is -0.383 e. The Bertz CT molecular complexity index is 745. The van der Waals surface area contributed by atoms with Gasteiger partial charge in [-0.1, -0.05) is 6.07 Å². The molecule has 4 N–H and O–H groups in total.